The molecule has 0 saturated heterocycles. The van der Waals surface area contributed by atoms with Crippen molar-refractivity contribution in [3.05, 3.63) is 86.9 Å². The van der Waals surface area contributed by atoms with Crippen LogP contribution in [-0.4, -0.2) is 19.1 Å². The molecule has 3 aromatic rings. The summed E-state index contributed by atoms with van der Waals surface area (Å²) in [5.74, 6) is 0.324. The lowest BCUT2D eigenvalue weighted by Gasteiger charge is -2.27. The van der Waals surface area contributed by atoms with E-state index < -0.39 is 5.97 Å². The van der Waals surface area contributed by atoms with Crippen LogP contribution in [0.3, 0.4) is 0 Å². The van der Waals surface area contributed by atoms with E-state index in [0.717, 1.165) is 60.9 Å². The van der Waals surface area contributed by atoms with E-state index in [1.54, 1.807) is 12.1 Å². The lowest BCUT2D eigenvalue weighted by Crippen LogP contribution is -2.45. The minimum absolute atomic E-state index is 0.182. The first-order valence-electron chi connectivity index (χ1n) is 10.8. The van der Waals surface area contributed by atoms with Crippen molar-refractivity contribution in [2.75, 3.05) is 18.8 Å². The Kier molecular flexibility index (Phi) is 3.93. The van der Waals surface area contributed by atoms with Gasteiger partial charge in [-0.05, 0) is 36.6 Å². The molecule has 31 heavy (non-hydrogen) atoms. The van der Waals surface area contributed by atoms with Crippen molar-refractivity contribution in [2.45, 2.75) is 25.7 Å². The zero-order chi connectivity index (χ0) is 21.1. The standard InChI is InChI=1S/C26H22N2O3/c27-16-9-10-19-22(14-16)31-25-20-8-4-12-28-11-3-5-15(24(20)28)13-21(25)23(19)17-6-1-2-7-18(17)26(29)30/h1-2,6-7,9-10,13-14,27H,3-5,8,11-12H2,(H,29,30). The molecular formula is C26H22N2O3. The maximum atomic E-state index is 12.0. The molecule has 0 aromatic heterocycles. The molecule has 3 aromatic carbocycles. The number of hydrogen-bond acceptors (Lipinski definition) is 4. The number of carbonyl (C=O) groups is 1. The molecule has 3 heterocycles. The SMILES string of the molecule is Nc1ccc2c(c1)Oc1c3c4c(cc1=C2c1ccccc1C(=O)[O-])CCC[N+]=4CCC3. The number of rotatable bonds is 2. The van der Waals surface area contributed by atoms with Gasteiger partial charge in [-0.15, -0.1) is 0 Å². The predicted molar refractivity (Wildman–Crippen MR) is 117 cm³/mol. The average Bonchev–Trinajstić information content (AvgIpc) is 2.78. The molecule has 0 saturated carbocycles. The topological polar surface area (TPSA) is 78.4 Å². The second-order valence-electron chi connectivity index (χ2n) is 8.50. The van der Waals surface area contributed by atoms with Gasteiger partial charge in [0.1, 0.15) is 24.6 Å². The van der Waals surface area contributed by atoms with Gasteiger partial charge in [0.05, 0.1) is 11.5 Å². The molecule has 0 unspecified atom stereocenters. The molecule has 0 bridgehead atoms. The maximum Gasteiger partial charge on any atom is 0.210 e. The number of nitrogen functional groups attached to an aromatic ring is 1. The van der Waals surface area contributed by atoms with E-state index in [4.69, 9.17) is 10.5 Å². The first kappa shape index (κ1) is 18.2. The van der Waals surface area contributed by atoms with Crippen LogP contribution in [0.25, 0.3) is 5.57 Å². The highest BCUT2D eigenvalue weighted by molar-refractivity contribution is 5.97. The fraction of sp³-hybridized carbons (Fsp3) is 0.231. The Morgan fingerprint density at radius 1 is 1.00 bits per heavy atom. The van der Waals surface area contributed by atoms with Crippen molar-refractivity contribution < 1.29 is 14.6 Å². The number of carbonyl (C=O) groups excluding carboxylic acids is 1. The Labute approximate surface area is 179 Å². The van der Waals surface area contributed by atoms with E-state index in [-0.39, 0.29) is 5.56 Å². The molecular weight excluding hydrogens is 388 g/mol. The number of hydrogen-bond donors (Lipinski definition) is 1. The molecule has 0 aliphatic carbocycles. The second-order valence-corrected chi connectivity index (χ2v) is 8.50. The third kappa shape index (κ3) is 2.69. The Morgan fingerprint density at radius 3 is 2.65 bits per heavy atom. The number of carboxylic acids is 1. The maximum absolute atomic E-state index is 12.0. The fourth-order valence-corrected chi connectivity index (χ4v) is 5.39. The highest BCUT2D eigenvalue weighted by atomic mass is 16.5. The largest absolute Gasteiger partial charge is 0.545 e. The smallest absolute Gasteiger partial charge is 0.210 e. The van der Waals surface area contributed by atoms with E-state index in [0.29, 0.717) is 17.0 Å². The van der Waals surface area contributed by atoms with Gasteiger partial charge in [-0.2, -0.15) is 0 Å². The number of aromatic carboxylic acids is 1. The van der Waals surface area contributed by atoms with Crippen molar-refractivity contribution >= 4 is 17.2 Å². The van der Waals surface area contributed by atoms with Crippen LogP contribution in [0, 0.1) is 0 Å². The minimum atomic E-state index is -1.18. The number of ether oxygens (including phenoxy) is 1. The molecule has 0 radical (unpaired) electrons. The van der Waals surface area contributed by atoms with Crippen LogP contribution in [-0.2, 0) is 12.8 Å². The van der Waals surface area contributed by atoms with E-state index in [2.05, 4.69) is 10.6 Å². The lowest BCUT2D eigenvalue weighted by molar-refractivity contribution is -0.255. The fourth-order valence-electron chi connectivity index (χ4n) is 5.39. The summed E-state index contributed by atoms with van der Waals surface area (Å²) in [6, 6.07) is 14.9. The first-order valence-corrected chi connectivity index (χ1v) is 10.8. The van der Waals surface area contributed by atoms with Gasteiger partial charge in [-0.3, -0.25) is 0 Å². The number of aryl methyl sites for hydroxylation is 1. The molecule has 5 nitrogen and oxygen atoms in total. The van der Waals surface area contributed by atoms with Crippen LogP contribution in [0.5, 0.6) is 11.5 Å². The third-order valence-electron chi connectivity index (χ3n) is 6.65. The van der Waals surface area contributed by atoms with Crippen molar-refractivity contribution in [2.24, 2.45) is 0 Å². The minimum Gasteiger partial charge on any atom is -0.545 e. The van der Waals surface area contributed by atoms with Crippen LogP contribution >= 0.6 is 0 Å². The molecule has 0 spiro atoms. The number of fused-ring (bicyclic) bond motifs is 3. The molecule has 3 aliphatic rings. The second kappa shape index (κ2) is 6.71. The summed E-state index contributed by atoms with van der Waals surface area (Å²) < 4.78 is 8.97. The summed E-state index contributed by atoms with van der Waals surface area (Å²) in [6.07, 6.45) is 4.19. The first-order chi connectivity index (χ1) is 15.1. The zero-order valence-corrected chi connectivity index (χ0v) is 17.1. The van der Waals surface area contributed by atoms with Gasteiger partial charge in [0.2, 0.25) is 5.36 Å². The number of nitrogens with two attached hydrogens (primary N) is 1. The Balaban J connectivity index is 1.81. The van der Waals surface area contributed by atoms with Gasteiger partial charge in [0.25, 0.3) is 0 Å². The van der Waals surface area contributed by atoms with Crippen molar-refractivity contribution in [1.82, 2.24) is 4.58 Å². The van der Waals surface area contributed by atoms with E-state index in [1.807, 2.05) is 30.3 Å². The highest BCUT2D eigenvalue weighted by Crippen LogP contribution is 2.39. The summed E-state index contributed by atoms with van der Waals surface area (Å²) in [5, 5.41) is 14.2. The predicted octanol–water partition coefficient (Wildman–Crippen LogP) is 1.37. The average molecular weight is 410 g/mol. The summed E-state index contributed by atoms with van der Waals surface area (Å²) >= 11 is 0. The van der Waals surface area contributed by atoms with Gasteiger partial charge in [-0.25, -0.2) is 4.58 Å². The Hall–Kier alpha value is -3.60. The van der Waals surface area contributed by atoms with Crippen LogP contribution < -0.4 is 30.7 Å². The molecule has 6 rings (SSSR count). The van der Waals surface area contributed by atoms with E-state index >= 15 is 0 Å². The molecule has 5 heteroatoms. The normalized spacial score (nSPS) is 16.1. The monoisotopic (exact) mass is 410 g/mol. The van der Waals surface area contributed by atoms with Gasteiger partial charge in [0, 0.05) is 52.1 Å². The van der Waals surface area contributed by atoms with Gasteiger partial charge < -0.3 is 20.4 Å². The van der Waals surface area contributed by atoms with Crippen molar-refractivity contribution in [3.63, 3.8) is 0 Å². The molecule has 154 valence electrons. The summed E-state index contributed by atoms with van der Waals surface area (Å²) in [4.78, 5) is 12.0. The highest BCUT2D eigenvalue weighted by Gasteiger charge is 2.31. The summed E-state index contributed by atoms with van der Waals surface area (Å²) in [7, 11) is 0. The number of nitrogens with zero attached hydrogens (tertiary/aromatic N) is 1. The third-order valence-corrected chi connectivity index (χ3v) is 6.65. The van der Waals surface area contributed by atoms with Crippen LogP contribution in [0.2, 0.25) is 0 Å². The molecule has 0 atom stereocenters. The molecule has 3 aliphatic heterocycles. The van der Waals surface area contributed by atoms with E-state index in [9.17, 15) is 9.90 Å². The quantitative estimate of drug-likeness (QED) is 0.400. The molecule has 0 amide bonds. The van der Waals surface area contributed by atoms with Crippen molar-refractivity contribution in [1.29, 1.82) is 0 Å². The number of anilines is 1. The van der Waals surface area contributed by atoms with E-state index in [1.165, 1.54) is 16.5 Å². The molecule has 0 fully saturated rings. The van der Waals surface area contributed by atoms with Gasteiger partial charge >= 0.3 is 0 Å². The summed E-state index contributed by atoms with van der Waals surface area (Å²) in [6.45, 7) is 2.15. The Morgan fingerprint density at radius 2 is 1.81 bits per heavy atom. The van der Waals surface area contributed by atoms with Crippen molar-refractivity contribution in [3.8, 4) is 11.5 Å². The van der Waals surface area contributed by atoms with Crippen LogP contribution in [0.15, 0.2) is 48.5 Å². The lowest BCUT2D eigenvalue weighted by atomic mass is 9.86. The Bertz CT molecular complexity index is 1400. The van der Waals surface area contributed by atoms with Crippen LogP contribution in [0.1, 0.15) is 45.5 Å². The number of carboxylic acid groups (broad SMARTS) is 1. The van der Waals surface area contributed by atoms with Gasteiger partial charge in [-0.1, -0.05) is 24.3 Å². The number of benzene rings is 3. The molecule has 2 N–H and O–H groups in total. The van der Waals surface area contributed by atoms with Gasteiger partial charge in [0.15, 0.2) is 0 Å². The van der Waals surface area contributed by atoms with Crippen LogP contribution in [0.4, 0.5) is 5.69 Å². The summed E-state index contributed by atoms with van der Waals surface area (Å²) in [5.41, 5.74) is 11.8. The zero-order valence-electron chi connectivity index (χ0n) is 17.1.